The summed E-state index contributed by atoms with van der Waals surface area (Å²) in [4.78, 5) is 0.499. The molecule has 0 aliphatic carbocycles. The zero-order valence-corrected chi connectivity index (χ0v) is 15.3. The van der Waals surface area contributed by atoms with Crippen molar-refractivity contribution in [3.05, 3.63) is 84.9 Å². The Morgan fingerprint density at radius 1 is 0.654 bits per heavy atom. The number of fused-ring (bicyclic) bond motifs is 2. The number of benzene rings is 4. The molecule has 0 radical (unpaired) electrons. The third-order valence-corrected chi connectivity index (χ3v) is 7.19. The monoisotopic (exact) mass is 381 g/mol. The molecule has 4 aromatic rings. The molecule has 4 rings (SSSR count). The zero-order valence-electron chi connectivity index (χ0n) is 13.6. The molecule has 0 fully saturated rings. The van der Waals surface area contributed by atoms with Gasteiger partial charge in [0.1, 0.15) is 11.0 Å². The summed E-state index contributed by atoms with van der Waals surface area (Å²) in [6.45, 7) is 0. The largest absolute Gasteiger partial charge is 0.251 e. The van der Waals surface area contributed by atoms with Crippen LogP contribution in [0.2, 0.25) is 0 Å². The normalized spacial score (nSPS) is 13.1. The van der Waals surface area contributed by atoms with Crippen LogP contribution in [0.15, 0.2) is 94.7 Å². The Hall–Kier alpha value is -2.54. The van der Waals surface area contributed by atoms with Crippen LogP contribution < -0.4 is 4.13 Å². The fourth-order valence-corrected chi connectivity index (χ4v) is 5.34. The first kappa shape index (κ1) is 16.9. The third-order valence-electron chi connectivity index (χ3n) is 4.15. The van der Waals surface area contributed by atoms with E-state index in [1.54, 1.807) is 24.3 Å². The average Bonchev–Trinajstić information content (AvgIpc) is 2.67. The lowest BCUT2D eigenvalue weighted by molar-refractivity contribution is 0.592. The molecule has 1 unspecified atom stereocenters. The smallest absolute Gasteiger partial charge is 0.237 e. The van der Waals surface area contributed by atoms with Crippen molar-refractivity contribution < 1.29 is 12.6 Å². The average molecular weight is 381 g/mol. The molecule has 130 valence electrons. The molecular weight excluding hydrogens is 366 g/mol. The van der Waals surface area contributed by atoms with Crippen molar-refractivity contribution in [3.63, 3.8) is 0 Å². The van der Waals surface area contributed by atoms with Crippen LogP contribution in [0.3, 0.4) is 0 Å². The SMILES string of the molecule is O=S(NS(=O)(=O)c1ccc2ccccc2c1)c1ccc2ccccc2c1. The van der Waals surface area contributed by atoms with E-state index in [1.165, 1.54) is 6.07 Å². The molecule has 1 N–H and O–H groups in total. The van der Waals surface area contributed by atoms with Crippen molar-refractivity contribution in [1.29, 1.82) is 0 Å². The Balaban J connectivity index is 1.65. The van der Waals surface area contributed by atoms with Gasteiger partial charge in [-0.25, -0.2) is 12.6 Å². The van der Waals surface area contributed by atoms with E-state index in [9.17, 15) is 12.6 Å². The van der Waals surface area contributed by atoms with Gasteiger partial charge in [-0.3, -0.25) is 0 Å². The molecule has 4 aromatic carbocycles. The first-order valence-corrected chi connectivity index (χ1v) is 10.6. The summed E-state index contributed by atoms with van der Waals surface area (Å²) in [5, 5.41) is 3.67. The summed E-state index contributed by atoms with van der Waals surface area (Å²) in [5.41, 5.74) is 0. The Kier molecular flexibility index (Phi) is 4.32. The van der Waals surface area contributed by atoms with Gasteiger partial charge in [0, 0.05) is 0 Å². The van der Waals surface area contributed by atoms with Gasteiger partial charge < -0.3 is 0 Å². The molecule has 0 aromatic heterocycles. The van der Waals surface area contributed by atoms with Crippen LogP contribution in [0.4, 0.5) is 0 Å². The minimum absolute atomic E-state index is 0.0883. The maximum atomic E-state index is 12.6. The Bertz CT molecular complexity index is 1250. The van der Waals surface area contributed by atoms with E-state index in [4.69, 9.17) is 0 Å². The van der Waals surface area contributed by atoms with Gasteiger partial charge in [0.15, 0.2) is 0 Å². The van der Waals surface area contributed by atoms with Crippen LogP contribution in [0.1, 0.15) is 0 Å². The molecule has 0 bridgehead atoms. The summed E-state index contributed by atoms with van der Waals surface area (Å²) < 4.78 is 40.1. The number of rotatable bonds is 4. The first-order chi connectivity index (χ1) is 12.5. The predicted octanol–water partition coefficient (Wildman–Crippen LogP) is 3.99. The van der Waals surface area contributed by atoms with Crippen molar-refractivity contribution >= 4 is 42.6 Å². The third kappa shape index (κ3) is 3.26. The molecule has 0 amide bonds. The van der Waals surface area contributed by atoms with Crippen molar-refractivity contribution in [3.8, 4) is 0 Å². The summed E-state index contributed by atoms with van der Waals surface area (Å²) in [6, 6.07) is 25.2. The van der Waals surface area contributed by atoms with Crippen molar-refractivity contribution in [2.75, 3.05) is 0 Å². The fraction of sp³-hybridized carbons (Fsp3) is 0. The van der Waals surface area contributed by atoms with Crippen LogP contribution in [0.5, 0.6) is 0 Å². The summed E-state index contributed by atoms with van der Waals surface area (Å²) in [5.74, 6) is 0. The van der Waals surface area contributed by atoms with Crippen molar-refractivity contribution in [2.24, 2.45) is 0 Å². The molecule has 6 heteroatoms. The van der Waals surface area contributed by atoms with Gasteiger partial charge in [-0.1, -0.05) is 60.7 Å². The molecule has 0 aliphatic rings. The molecule has 0 saturated heterocycles. The van der Waals surface area contributed by atoms with Gasteiger partial charge in [0.2, 0.25) is 0 Å². The quantitative estimate of drug-likeness (QED) is 0.581. The number of hydrogen-bond acceptors (Lipinski definition) is 3. The maximum Gasteiger partial charge on any atom is 0.251 e. The molecule has 4 nitrogen and oxygen atoms in total. The highest BCUT2D eigenvalue weighted by molar-refractivity contribution is 8.02. The van der Waals surface area contributed by atoms with Crippen molar-refractivity contribution in [2.45, 2.75) is 9.79 Å². The van der Waals surface area contributed by atoms with Crippen LogP contribution in [-0.4, -0.2) is 12.6 Å². The van der Waals surface area contributed by atoms with E-state index in [0.29, 0.717) is 4.90 Å². The van der Waals surface area contributed by atoms with Gasteiger partial charge >= 0.3 is 0 Å². The number of hydrogen-bond donors (Lipinski definition) is 1. The molecule has 0 spiro atoms. The van der Waals surface area contributed by atoms with E-state index < -0.39 is 21.0 Å². The van der Waals surface area contributed by atoms with Crippen LogP contribution in [-0.2, 0) is 21.0 Å². The van der Waals surface area contributed by atoms with Crippen LogP contribution in [0.25, 0.3) is 21.5 Å². The van der Waals surface area contributed by atoms with E-state index in [2.05, 4.69) is 4.13 Å². The Labute approximate surface area is 154 Å². The predicted molar refractivity (Wildman–Crippen MR) is 105 cm³/mol. The van der Waals surface area contributed by atoms with Crippen molar-refractivity contribution in [1.82, 2.24) is 4.13 Å². The zero-order chi connectivity index (χ0) is 18.1. The minimum Gasteiger partial charge on any atom is -0.237 e. The summed E-state index contributed by atoms with van der Waals surface area (Å²) >= 11 is 0. The Morgan fingerprint density at radius 3 is 1.85 bits per heavy atom. The molecule has 26 heavy (non-hydrogen) atoms. The van der Waals surface area contributed by atoms with Gasteiger partial charge in [-0.15, -0.1) is 4.13 Å². The summed E-state index contributed by atoms with van der Waals surface area (Å²) in [6.07, 6.45) is 0. The van der Waals surface area contributed by atoms with E-state index in [0.717, 1.165) is 21.5 Å². The second-order valence-corrected chi connectivity index (χ2v) is 9.03. The number of nitrogens with one attached hydrogen (secondary N) is 1. The highest BCUT2D eigenvalue weighted by Crippen LogP contribution is 2.21. The lowest BCUT2D eigenvalue weighted by Gasteiger charge is -2.08. The molecule has 0 aliphatic heterocycles. The molecule has 1 atom stereocenters. The lowest BCUT2D eigenvalue weighted by Crippen LogP contribution is -2.26. The minimum atomic E-state index is -3.90. The highest BCUT2D eigenvalue weighted by Gasteiger charge is 2.19. The van der Waals surface area contributed by atoms with Crippen LogP contribution >= 0.6 is 0 Å². The standard InChI is InChI=1S/C20H15NO3S2/c22-25(19-11-9-15-5-1-3-7-17(15)13-19)21-26(23,24)20-12-10-16-6-2-4-8-18(16)14-20/h1-14,21H. The van der Waals surface area contributed by atoms with E-state index in [-0.39, 0.29) is 4.90 Å². The van der Waals surface area contributed by atoms with Gasteiger partial charge in [0.25, 0.3) is 10.0 Å². The first-order valence-electron chi connectivity index (χ1n) is 7.95. The Morgan fingerprint density at radius 2 is 1.19 bits per heavy atom. The fourth-order valence-electron chi connectivity index (χ4n) is 2.81. The van der Waals surface area contributed by atoms with Crippen LogP contribution in [0, 0.1) is 0 Å². The topological polar surface area (TPSA) is 63.2 Å². The second kappa shape index (κ2) is 6.64. The summed E-state index contributed by atoms with van der Waals surface area (Å²) in [7, 11) is -5.78. The highest BCUT2D eigenvalue weighted by atomic mass is 32.3. The van der Waals surface area contributed by atoms with E-state index in [1.807, 2.05) is 54.6 Å². The lowest BCUT2D eigenvalue weighted by atomic mass is 10.1. The maximum absolute atomic E-state index is 12.6. The molecular formula is C20H15NO3S2. The van der Waals surface area contributed by atoms with Gasteiger partial charge in [-0.05, 0) is 45.8 Å². The number of sulfonamides is 1. The van der Waals surface area contributed by atoms with Gasteiger partial charge in [0.05, 0.1) is 9.79 Å². The van der Waals surface area contributed by atoms with E-state index >= 15 is 0 Å². The van der Waals surface area contributed by atoms with Gasteiger partial charge in [-0.2, -0.15) is 0 Å². The molecule has 0 saturated carbocycles. The molecule has 0 heterocycles. The second-order valence-electron chi connectivity index (χ2n) is 5.87.